The molecule has 1 aliphatic rings. The van der Waals surface area contributed by atoms with Gasteiger partial charge in [-0.2, -0.15) is 0 Å². The topological polar surface area (TPSA) is 69.8 Å². The van der Waals surface area contributed by atoms with Crippen LogP contribution in [-0.4, -0.2) is 40.7 Å². The average molecular weight is 505 g/mol. The summed E-state index contributed by atoms with van der Waals surface area (Å²) in [4.78, 5) is 7.09. The Kier molecular flexibility index (Phi) is 7.29. The molecule has 0 spiro atoms. The molecule has 0 unspecified atom stereocenters. The quantitative estimate of drug-likeness (QED) is 0.317. The minimum Gasteiger partial charge on any atom is -0.374 e. The zero-order valence-electron chi connectivity index (χ0n) is 16.9. The van der Waals surface area contributed by atoms with E-state index in [0.29, 0.717) is 13.1 Å². The summed E-state index contributed by atoms with van der Waals surface area (Å²) in [5.41, 5.74) is 4.86. The van der Waals surface area contributed by atoms with Gasteiger partial charge in [0.25, 0.3) is 0 Å². The molecule has 0 bridgehead atoms. The molecule has 2 aromatic heterocycles. The van der Waals surface area contributed by atoms with Gasteiger partial charge in [0.05, 0.1) is 13.1 Å². The van der Waals surface area contributed by atoms with Crippen LogP contribution in [0.3, 0.4) is 0 Å². The van der Waals surface area contributed by atoms with Gasteiger partial charge in [-0.25, -0.2) is 4.99 Å². The summed E-state index contributed by atoms with van der Waals surface area (Å²) in [6, 6.07) is 12.6. The van der Waals surface area contributed by atoms with Gasteiger partial charge in [0.2, 0.25) is 0 Å². The fraction of sp³-hybridized carbons (Fsp3) is 0.381. The molecule has 2 N–H and O–H groups in total. The fourth-order valence-corrected chi connectivity index (χ4v) is 3.62. The van der Waals surface area contributed by atoms with Crippen LogP contribution in [0.25, 0.3) is 5.65 Å². The number of aromatic nitrogens is 3. The molecule has 0 amide bonds. The van der Waals surface area contributed by atoms with E-state index < -0.39 is 0 Å². The van der Waals surface area contributed by atoms with Gasteiger partial charge in [0.1, 0.15) is 0 Å². The summed E-state index contributed by atoms with van der Waals surface area (Å²) < 4.78 is 1.98. The van der Waals surface area contributed by atoms with E-state index in [2.05, 4.69) is 57.9 Å². The summed E-state index contributed by atoms with van der Waals surface area (Å²) in [5.74, 6) is 1.64. The lowest BCUT2D eigenvalue weighted by Gasteiger charge is -2.27. The maximum Gasteiger partial charge on any atom is 0.191 e. The van der Waals surface area contributed by atoms with Gasteiger partial charge in [0, 0.05) is 32.0 Å². The van der Waals surface area contributed by atoms with E-state index in [-0.39, 0.29) is 24.0 Å². The summed E-state index contributed by atoms with van der Waals surface area (Å²) in [6.07, 6.45) is 4.34. The highest BCUT2D eigenvalue weighted by Gasteiger charge is 2.13. The third kappa shape index (κ3) is 4.98. The van der Waals surface area contributed by atoms with Crippen molar-refractivity contribution in [2.75, 3.05) is 25.0 Å². The highest BCUT2D eigenvalue weighted by Crippen LogP contribution is 2.26. The smallest absolute Gasteiger partial charge is 0.191 e. The summed E-state index contributed by atoms with van der Waals surface area (Å²) >= 11 is 0. The highest BCUT2D eigenvalue weighted by molar-refractivity contribution is 14.0. The lowest BCUT2D eigenvalue weighted by Crippen LogP contribution is -2.37. The Bertz CT molecular complexity index is 982. The predicted octanol–water partition coefficient (Wildman–Crippen LogP) is 2.99. The Morgan fingerprint density at radius 1 is 1.17 bits per heavy atom. The number of hydrogen-bond acceptors (Lipinski definition) is 4. The third-order valence-corrected chi connectivity index (χ3v) is 5.06. The van der Waals surface area contributed by atoms with Crippen LogP contribution in [0.5, 0.6) is 0 Å². The molecule has 1 aromatic carbocycles. The van der Waals surface area contributed by atoms with E-state index >= 15 is 0 Å². The number of hydrogen-bond donors (Lipinski definition) is 2. The third-order valence-electron chi connectivity index (χ3n) is 5.06. The largest absolute Gasteiger partial charge is 0.374 e. The van der Waals surface area contributed by atoms with Crippen molar-refractivity contribution in [3.8, 4) is 0 Å². The van der Waals surface area contributed by atoms with E-state index in [1.807, 2.05) is 28.8 Å². The zero-order valence-corrected chi connectivity index (χ0v) is 19.3. The van der Waals surface area contributed by atoms with Crippen LogP contribution in [0.1, 0.15) is 30.3 Å². The van der Waals surface area contributed by atoms with E-state index in [0.717, 1.165) is 36.9 Å². The van der Waals surface area contributed by atoms with E-state index in [1.165, 1.54) is 23.2 Å². The molecule has 8 heteroatoms. The molecular weight excluding hydrogens is 477 g/mol. The van der Waals surface area contributed by atoms with Crippen molar-refractivity contribution in [2.45, 2.75) is 32.9 Å². The summed E-state index contributed by atoms with van der Waals surface area (Å²) in [5, 5.41) is 15.1. The zero-order chi connectivity index (χ0) is 19.3. The average Bonchev–Trinajstić information content (AvgIpc) is 3.13. The number of benzene rings is 1. The van der Waals surface area contributed by atoms with Crippen molar-refractivity contribution in [1.82, 2.24) is 25.2 Å². The normalized spacial score (nSPS) is 13.7. The second-order valence-corrected chi connectivity index (χ2v) is 7.08. The lowest BCUT2D eigenvalue weighted by molar-refractivity contribution is 0.742. The molecule has 3 heterocycles. The monoisotopic (exact) mass is 505 g/mol. The van der Waals surface area contributed by atoms with Crippen LogP contribution in [0.4, 0.5) is 5.69 Å². The standard InChI is InChI=1S/C21H27N7.HI/c1-3-22-21(24-15-20-26-25-19-8-4-5-12-28(19)20)23-14-16-9-10-18-17(13-16)7-6-11-27(18)2;/h4-5,8-10,12-13H,3,6-7,11,14-15H2,1-2H3,(H2,22,23,24);1H. The Hall–Kier alpha value is -2.36. The van der Waals surface area contributed by atoms with E-state index in [1.54, 1.807) is 0 Å². The molecule has 4 rings (SSSR count). The maximum atomic E-state index is 4.75. The van der Waals surface area contributed by atoms with Crippen LogP contribution in [0, 0.1) is 0 Å². The van der Waals surface area contributed by atoms with Gasteiger partial charge >= 0.3 is 0 Å². The van der Waals surface area contributed by atoms with Crippen molar-refractivity contribution in [3.05, 3.63) is 59.5 Å². The first-order chi connectivity index (χ1) is 13.7. The first-order valence-corrected chi connectivity index (χ1v) is 9.88. The Balaban J connectivity index is 0.00000240. The van der Waals surface area contributed by atoms with Crippen LogP contribution in [0.15, 0.2) is 47.6 Å². The van der Waals surface area contributed by atoms with Gasteiger partial charge in [-0.05, 0) is 49.1 Å². The van der Waals surface area contributed by atoms with Gasteiger partial charge in [-0.3, -0.25) is 4.40 Å². The number of pyridine rings is 1. The first-order valence-electron chi connectivity index (χ1n) is 9.88. The molecule has 0 aliphatic carbocycles. The van der Waals surface area contributed by atoms with Crippen LogP contribution in [-0.2, 0) is 19.5 Å². The van der Waals surface area contributed by atoms with Crippen LogP contribution < -0.4 is 15.5 Å². The number of halogens is 1. The number of fused-ring (bicyclic) bond motifs is 2. The molecule has 7 nitrogen and oxygen atoms in total. The van der Waals surface area contributed by atoms with Gasteiger partial charge in [-0.15, -0.1) is 34.2 Å². The van der Waals surface area contributed by atoms with E-state index in [4.69, 9.17) is 4.99 Å². The molecular formula is C21H28IN7. The van der Waals surface area contributed by atoms with Crippen molar-refractivity contribution in [1.29, 1.82) is 0 Å². The molecule has 0 saturated heterocycles. The highest BCUT2D eigenvalue weighted by atomic mass is 127. The fourth-order valence-electron chi connectivity index (χ4n) is 3.62. The Morgan fingerprint density at radius 2 is 2.07 bits per heavy atom. The van der Waals surface area contributed by atoms with Crippen molar-refractivity contribution in [2.24, 2.45) is 4.99 Å². The van der Waals surface area contributed by atoms with E-state index in [9.17, 15) is 0 Å². The SMILES string of the molecule is CCNC(=NCc1ccc2c(c1)CCCN2C)NCc1nnc2ccccn12.I. The van der Waals surface area contributed by atoms with Crippen molar-refractivity contribution >= 4 is 41.3 Å². The molecule has 0 saturated carbocycles. The first kappa shape index (κ1) is 21.4. The number of anilines is 1. The van der Waals surface area contributed by atoms with Crippen molar-refractivity contribution in [3.63, 3.8) is 0 Å². The Morgan fingerprint density at radius 3 is 2.93 bits per heavy atom. The molecule has 1 aliphatic heterocycles. The van der Waals surface area contributed by atoms with Gasteiger partial charge in [0.15, 0.2) is 17.4 Å². The molecule has 29 heavy (non-hydrogen) atoms. The van der Waals surface area contributed by atoms with Crippen LogP contribution in [0.2, 0.25) is 0 Å². The lowest BCUT2D eigenvalue weighted by atomic mass is 10.00. The number of aliphatic imine (C=N–C) groups is 1. The van der Waals surface area contributed by atoms with Crippen LogP contribution >= 0.6 is 24.0 Å². The summed E-state index contributed by atoms with van der Waals surface area (Å²) in [6.45, 7) is 5.22. The second kappa shape index (κ2) is 9.91. The van der Waals surface area contributed by atoms with Crippen molar-refractivity contribution < 1.29 is 0 Å². The number of nitrogens with one attached hydrogen (secondary N) is 2. The summed E-state index contributed by atoms with van der Waals surface area (Å²) in [7, 11) is 2.16. The number of guanidine groups is 1. The number of aryl methyl sites for hydroxylation is 1. The van der Waals surface area contributed by atoms with Gasteiger partial charge in [-0.1, -0.05) is 18.2 Å². The Labute approximate surface area is 188 Å². The number of nitrogens with zero attached hydrogens (tertiary/aromatic N) is 5. The maximum absolute atomic E-state index is 4.75. The molecule has 0 atom stereocenters. The molecule has 3 aromatic rings. The predicted molar refractivity (Wildman–Crippen MR) is 128 cm³/mol. The van der Waals surface area contributed by atoms with Gasteiger partial charge < -0.3 is 15.5 Å². The molecule has 0 fully saturated rings. The minimum atomic E-state index is 0. The molecule has 0 radical (unpaired) electrons. The number of rotatable bonds is 5. The second-order valence-electron chi connectivity index (χ2n) is 7.08. The molecule has 154 valence electrons. The minimum absolute atomic E-state index is 0.